The number of benzene rings is 1. The largest absolute Gasteiger partial charge is 0.490 e. The van der Waals surface area contributed by atoms with Crippen molar-refractivity contribution in [1.82, 2.24) is 0 Å². The van der Waals surface area contributed by atoms with Crippen LogP contribution in [0.25, 0.3) is 0 Å². The molecule has 1 unspecified atom stereocenters. The molecular weight excluding hydrogens is 395 g/mol. The van der Waals surface area contributed by atoms with Gasteiger partial charge in [0.05, 0.1) is 23.6 Å². The van der Waals surface area contributed by atoms with Gasteiger partial charge in [-0.1, -0.05) is 27.5 Å². The third-order valence-corrected chi connectivity index (χ3v) is 6.34. The van der Waals surface area contributed by atoms with Gasteiger partial charge in [-0.2, -0.15) is 0 Å². The van der Waals surface area contributed by atoms with E-state index in [0.717, 1.165) is 43.4 Å². The predicted octanol–water partition coefficient (Wildman–Crippen LogP) is 5.96. The molecule has 1 aliphatic heterocycles. The van der Waals surface area contributed by atoms with Crippen molar-refractivity contribution >= 4 is 50.5 Å². The number of halogens is 3. The van der Waals surface area contributed by atoms with E-state index in [2.05, 4.69) is 15.9 Å². The molecule has 0 N–H and O–H groups in total. The minimum Gasteiger partial charge on any atom is -0.490 e. The summed E-state index contributed by atoms with van der Waals surface area (Å²) >= 11 is 18.1. The first-order chi connectivity index (χ1) is 10.1. The van der Waals surface area contributed by atoms with Gasteiger partial charge in [0.1, 0.15) is 0 Å². The average Bonchev–Trinajstić information content (AvgIpc) is 2.67. The van der Waals surface area contributed by atoms with Crippen LogP contribution in [-0.2, 0) is 0 Å². The highest BCUT2D eigenvalue weighted by Crippen LogP contribution is 2.45. The fourth-order valence-electron chi connectivity index (χ4n) is 2.16. The van der Waals surface area contributed by atoms with Crippen LogP contribution in [0.5, 0.6) is 11.5 Å². The maximum absolute atomic E-state index is 6.64. The van der Waals surface area contributed by atoms with Gasteiger partial charge in [-0.3, -0.25) is 0 Å². The Morgan fingerprint density at radius 1 is 1.24 bits per heavy atom. The molecule has 0 aliphatic carbocycles. The van der Waals surface area contributed by atoms with Gasteiger partial charge in [-0.15, -0.1) is 22.9 Å². The van der Waals surface area contributed by atoms with Gasteiger partial charge in [0.2, 0.25) is 0 Å². The smallest absolute Gasteiger partial charge is 0.162 e. The lowest BCUT2D eigenvalue weighted by Gasteiger charge is -2.15. The van der Waals surface area contributed by atoms with Crippen molar-refractivity contribution in [3.8, 4) is 11.5 Å². The third kappa shape index (κ3) is 3.04. The molecule has 112 valence electrons. The van der Waals surface area contributed by atoms with Gasteiger partial charge >= 0.3 is 0 Å². The van der Waals surface area contributed by atoms with E-state index < -0.39 is 0 Å². The van der Waals surface area contributed by atoms with Gasteiger partial charge in [-0.25, -0.2) is 0 Å². The molecule has 2 heterocycles. The van der Waals surface area contributed by atoms with E-state index in [4.69, 9.17) is 32.7 Å². The van der Waals surface area contributed by atoms with E-state index in [1.54, 1.807) is 11.3 Å². The molecule has 1 aliphatic rings. The van der Waals surface area contributed by atoms with Crippen molar-refractivity contribution < 1.29 is 9.47 Å². The molecule has 0 fully saturated rings. The van der Waals surface area contributed by atoms with E-state index in [-0.39, 0.29) is 5.38 Å². The molecule has 1 aromatic carbocycles. The first-order valence-electron chi connectivity index (χ1n) is 6.54. The normalized spacial score (nSPS) is 15.6. The molecule has 3 rings (SSSR count). The third-order valence-electron chi connectivity index (χ3n) is 3.30. The Morgan fingerprint density at radius 3 is 2.52 bits per heavy atom. The highest BCUT2D eigenvalue weighted by molar-refractivity contribution is 9.10. The second-order valence-electron chi connectivity index (χ2n) is 4.83. The minimum absolute atomic E-state index is 0.317. The molecule has 0 spiro atoms. The second kappa shape index (κ2) is 6.37. The summed E-state index contributed by atoms with van der Waals surface area (Å²) in [5.41, 5.74) is 1.98. The monoisotopic (exact) mass is 406 g/mol. The van der Waals surface area contributed by atoms with Crippen molar-refractivity contribution in [1.29, 1.82) is 0 Å². The number of hydrogen-bond donors (Lipinski definition) is 0. The zero-order valence-corrected chi connectivity index (χ0v) is 15.2. The van der Waals surface area contributed by atoms with Crippen molar-refractivity contribution in [2.75, 3.05) is 13.2 Å². The molecule has 6 heteroatoms. The van der Waals surface area contributed by atoms with Gasteiger partial charge in [0, 0.05) is 15.8 Å². The van der Waals surface area contributed by atoms with Crippen molar-refractivity contribution in [3.05, 3.63) is 43.0 Å². The molecule has 1 atom stereocenters. The molecule has 1 aromatic heterocycles. The summed E-state index contributed by atoms with van der Waals surface area (Å²) in [7, 11) is 0. The average molecular weight is 408 g/mol. The van der Waals surface area contributed by atoms with Crippen molar-refractivity contribution in [2.24, 2.45) is 0 Å². The molecule has 0 bridgehead atoms. The number of aryl methyl sites for hydroxylation is 1. The van der Waals surface area contributed by atoms with E-state index >= 15 is 0 Å². The highest BCUT2D eigenvalue weighted by Gasteiger charge is 2.23. The van der Waals surface area contributed by atoms with Crippen LogP contribution in [-0.4, -0.2) is 13.2 Å². The van der Waals surface area contributed by atoms with Crippen molar-refractivity contribution in [2.45, 2.75) is 18.7 Å². The number of ether oxygens (including phenoxy) is 2. The Kier molecular flexibility index (Phi) is 4.69. The summed E-state index contributed by atoms with van der Waals surface area (Å²) < 4.78 is 12.3. The van der Waals surface area contributed by atoms with Gasteiger partial charge in [-0.05, 0) is 35.6 Å². The minimum atomic E-state index is -0.317. The lowest BCUT2D eigenvalue weighted by molar-refractivity contribution is 0.297. The summed E-state index contributed by atoms with van der Waals surface area (Å²) in [4.78, 5) is 0.950. The first kappa shape index (κ1) is 15.5. The summed E-state index contributed by atoms with van der Waals surface area (Å²) in [5, 5.41) is 2.44. The summed E-state index contributed by atoms with van der Waals surface area (Å²) in [6.45, 7) is 3.30. The molecule has 2 aromatic rings. The fraction of sp³-hybridized carbons (Fsp3) is 0.333. The zero-order valence-electron chi connectivity index (χ0n) is 11.3. The topological polar surface area (TPSA) is 18.5 Å². The Morgan fingerprint density at radius 2 is 1.90 bits per heavy atom. The van der Waals surface area contributed by atoms with Crippen LogP contribution in [0.1, 0.15) is 27.8 Å². The lowest BCUT2D eigenvalue weighted by Crippen LogP contribution is -1.98. The zero-order chi connectivity index (χ0) is 15.0. The van der Waals surface area contributed by atoms with Crippen LogP contribution < -0.4 is 9.47 Å². The quantitative estimate of drug-likeness (QED) is 0.571. The first-order valence-corrected chi connectivity index (χ1v) is 9.03. The number of hydrogen-bond acceptors (Lipinski definition) is 3. The second-order valence-corrected chi connectivity index (χ2v) is 7.41. The number of alkyl halides is 1. The number of fused-ring (bicyclic) bond motifs is 1. The SMILES string of the molecule is Cc1csc(C(Cl)c2cc3c(cc2Br)OCCCO3)c1Cl. The van der Waals surface area contributed by atoms with Gasteiger partial charge < -0.3 is 9.47 Å². The van der Waals surface area contributed by atoms with E-state index in [0.29, 0.717) is 13.2 Å². The predicted molar refractivity (Wildman–Crippen MR) is 91.5 cm³/mol. The highest BCUT2D eigenvalue weighted by atomic mass is 79.9. The Bertz CT molecular complexity index is 672. The molecule has 2 nitrogen and oxygen atoms in total. The summed E-state index contributed by atoms with van der Waals surface area (Å²) in [5.74, 6) is 1.49. The molecular formula is C15H13BrCl2O2S. The van der Waals surface area contributed by atoms with Crippen LogP contribution >= 0.6 is 50.5 Å². The Hall–Kier alpha value is -0.420. The van der Waals surface area contributed by atoms with Gasteiger partial charge in [0.25, 0.3) is 0 Å². The Labute approximate surface area is 146 Å². The van der Waals surface area contributed by atoms with Crippen LogP contribution in [0.3, 0.4) is 0 Å². The molecule has 0 radical (unpaired) electrons. The van der Waals surface area contributed by atoms with Crippen LogP contribution in [0.4, 0.5) is 0 Å². The molecule has 0 amide bonds. The van der Waals surface area contributed by atoms with E-state index in [1.807, 2.05) is 24.4 Å². The van der Waals surface area contributed by atoms with E-state index in [1.165, 1.54) is 0 Å². The fourth-order valence-corrected chi connectivity index (χ4v) is 4.63. The molecule has 0 saturated heterocycles. The summed E-state index contributed by atoms with van der Waals surface area (Å²) in [6.07, 6.45) is 0.877. The van der Waals surface area contributed by atoms with E-state index in [9.17, 15) is 0 Å². The van der Waals surface area contributed by atoms with Crippen molar-refractivity contribution in [3.63, 3.8) is 0 Å². The maximum Gasteiger partial charge on any atom is 0.162 e. The summed E-state index contributed by atoms with van der Waals surface area (Å²) in [6, 6.07) is 3.85. The maximum atomic E-state index is 6.64. The van der Waals surface area contributed by atoms with Crippen LogP contribution in [0.2, 0.25) is 5.02 Å². The molecule has 21 heavy (non-hydrogen) atoms. The van der Waals surface area contributed by atoms with Crippen LogP contribution in [0.15, 0.2) is 22.0 Å². The van der Waals surface area contributed by atoms with Crippen LogP contribution in [0, 0.1) is 6.92 Å². The Balaban J connectivity index is 2.02. The van der Waals surface area contributed by atoms with Gasteiger partial charge in [0.15, 0.2) is 11.5 Å². The standard InChI is InChI=1S/C15H13BrCl2O2S/c1-8-7-21-15(13(8)17)14(18)9-5-11-12(6-10(9)16)20-4-2-3-19-11/h5-7,14H,2-4H2,1H3. The number of rotatable bonds is 2. The molecule has 0 saturated carbocycles. The number of thiophene rings is 1. The lowest BCUT2D eigenvalue weighted by atomic mass is 10.1.